The first kappa shape index (κ1) is 30.7. The number of aromatic nitrogens is 2. The van der Waals surface area contributed by atoms with Crippen molar-refractivity contribution in [2.24, 2.45) is 15.0 Å². The molecule has 0 bridgehead atoms. The standard InChI is InChI=1S/C48H33N5/c1-49-47(51-48(33-17-6-3-7-18-33)50-31-32-15-4-2-5-16-32)35-20-14-21-36(27-35)52-43-25-12-10-23-38(43)40-29-41-39(30-46(40)52)37-22-9-13-26-44(37)53-42-24-11-8-19-34(42)28-45(41)53/h2-30H,1,31H2. The molecule has 10 rings (SSSR count). The highest BCUT2D eigenvalue weighted by atomic mass is 15.0. The molecule has 0 saturated carbocycles. The van der Waals surface area contributed by atoms with E-state index in [2.05, 4.69) is 142 Å². The number of para-hydroxylation sites is 3. The molecule has 10 aromatic rings. The monoisotopic (exact) mass is 679 g/mol. The molecule has 3 heterocycles. The van der Waals surface area contributed by atoms with Crippen LogP contribution >= 0.6 is 0 Å². The van der Waals surface area contributed by atoms with Crippen molar-refractivity contribution in [3.63, 3.8) is 0 Å². The first-order valence-electron chi connectivity index (χ1n) is 17.8. The highest BCUT2D eigenvalue weighted by molar-refractivity contribution is 6.22. The van der Waals surface area contributed by atoms with Crippen LogP contribution in [-0.4, -0.2) is 27.4 Å². The van der Waals surface area contributed by atoms with Gasteiger partial charge in [0.05, 0.1) is 34.1 Å². The van der Waals surface area contributed by atoms with Crippen LogP contribution in [0.15, 0.2) is 191 Å². The number of fused-ring (bicyclic) bond motifs is 11. The molecule has 0 atom stereocenters. The summed E-state index contributed by atoms with van der Waals surface area (Å²) in [7, 11) is 0. The largest absolute Gasteiger partial charge is 0.309 e. The highest BCUT2D eigenvalue weighted by Crippen LogP contribution is 2.40. The van der Waals surface area contributed by atoms with Gasteiger partial charge in [-0.1, -0.05) is 127 Å². The second-order valence-corrected chi connectivity index (χ2v) is 13.3. The molecule has 0 spiro atoms. The van der Waals surface area contributed by atoms with Gasteiger partial charge < -0.3 is 8.97 Å². The molecule has 5 nitrogen and oxygen atoms in total. The Balaban J connectivity index is 1.18. The van der Waals surface area contributed by atoms with Crippen molar-refractivity contribution in [2.75, 3.05) is 0 Å². The third-order valence-electron chi connectivity index (χ3n) is 10.2. The van der Waals surface area contributed by atoms with Crippen LogP contribution in [0.2, 0.25) is 0 Å². The highest BCUT2D eigenvalue weighted by Gasteiger charge is 2.18. The molecule has 0 aliphatic heterocycles. The van der Waals surface area contributed by atoms with E-state index in [4.69, 9.17) is 9.98 Å². The summed E-state index contributed by atoms with van der Waals surface area (Å²) in [5, 5.41) is 7.32. The molecule has 0 aliphatic carbocycles. The molecule has 53 heavy (non-hydrogen) atoms. The third kappa shape index (κ3) is 5.13. The fraction of sp³-hybridized carbons (Fsp3) is 0.0208. The number of nitrogens with zero attached hydrogens (tertiary/aromatic N) is 5. The SMILES string of the molecule is C=NC(=NC(=NCc1ccccc1)c1ccccc1)c1cccc(-n2c3ccccc3c3cc4c(cc32)c2ccccc2n2c3ccccc3cc42)c1. The number of benzene rings is 7. The van der Waals surface area contributed by atoms with E-state index < -0.39 is 0 Å². The summed E-state index contributed by atoms with van der Waals surface area (Å²) in [5.41, 5.74) is 9.81. The van der Waals surface area contributed by atoms with Crippen molar-refractivity contribution in [3.05, 3.63) is 193 Å². The van der Waals surface area contributed by atoms with Crippen LogP contribution in [0.5, 0.6) is 0 Å². The van der Waals surface area contributed by atoms with Gasteiger partial charge >= 0.3 is 0 Å². The molecule has 0 fully saturated rings. The minimum absolute atomic E-state index is 0.509. The average Bonchev–Trinajstić information content (AvgIpc) is 3.77. The Morgan fingerprint density at radius 3 is 1.89 bits per heavy atom. The zero-order valence-corrected chi connectivity index (χ0v) is 28.9. The van der Waals surface area contributed by atoms with Gasteiger partial charge in [-0.2, -0.15) is 0 Å². The van der Waals surface area contributed by atoms with E-state index >= 15 is 0 Å². The van der Waals surface area contributed by atoms with E-state index in [-0.39, 0.29) is 0 Å². The molecule has 0 saturated heterocycles. The fourth-order valence-electron chi connectivity index (χ4n) is 7.84. The second kappa shape index (κ2) is 12.6. The number of hydrogen-bond acceptors (Lipinski definition) is 1. The summed E-state index contributed by atoms with van der Waals surface area (Å²) in [6.07, 6.45) is 0. The molecule has 250 valence electrons. The van der Waals surface area contributed by atoms with Crippen molar-refractivity contribution >= 4 is 78.3 Å². The van der Waals surface area contributed by atoms with E-state index in [1.807, 2.05) is 54.6 Å². The van der Waals surface area contributed by atoms with Crippen LogP contribution < -0.4 is 0 Å². The Hall–Kier alpha value is -7.11. The number of pyridine rings is 1. The van der Waals surface area contributed by atoms with Crippen molar-refractivity contribution in [1.29, 1.82) is 0 Å². The quantitative estimate of drug-likeness (QED) is 0.0987. The molecule has 3 aromatic heterocycles. The van der Waals surface area contributed by atoms with Crippen LogP contribution in [0.25, 0.3) is 65.6 Å². The summed E-state index contributed by atoms with van der Waals surface area (Å²) in [5.74, 6) is 1.13. The van der Waals surface area contributed by atoms with Crippen molar-refractivity contribution < 1.29 is 0 Å². The van der Waals surface area contributed by atoms with Gasteiger partial charge in [0.2, 0.25) is 0 Å². The minimum atomic E-state index is 0.509. The molecule has 0 aliphatic rings. The van der Waals surface area contributed by atoms with Crippen molar-refractivity contribution in [2.45, 2.75) is 6.54 Å². The van der Waals surface area contributed by atoms with Gasteiger partial charge in [-0.3, -0.25) is 4.99 Å². The van der Waals surface area contributed by atoms with Gasteiger partial charge in [-0.25, -0.2) is 9.98 Å². The van der Waals surface area contributed by atoms with Crippen LogP contribution in [-0.2, 0) is 6.54 Å². The molecular weight excluding hydrogens is 647 g/mol. The van der Waals surface area contributed by atoms with Crippen molar-refractivity contribution in [1.82, 2.24) is 8.97 Å². The second-order valence-electron chi connectivity index (χ2n) is 13.3. The third-order valence-corrected chi connectivity index (χ3v) is 10.2. The van der Waals surface area contributed by atoms with Gasteiger partial charge in [0, 0.05) is 43.7 Å². The topological polar surface area (TPSA) is 46.4 Å². The predicted molar refractivity (Wildman–Crippen MR) is 223 cm³/mol. The Morgan fingerprint density at radius 2 is 1.09 bits per heavy atom. The first-order chi connectivity index (χ1) is 26.2. The number of rotatable bonds is 5. The summed E-state index contributed by atoms with van der Waals surface area (Å²) in [6.45, 7) is 4.46. The van der Waals surface area contributed by atoms with Crippen LogP contribution in [0.3, 0.4) is 0 Å². The van der Waals surface area contributed by atoms with Gasteiger partial charge in [-0.05, 0) is 66.2 Å². The smallest absolute Gasteiger partial charge is 0.161 e. The Bertz CT molecular complexity index is 3090. The molecule has 0 N–H and O–H groups in total. The molecule has 7 aromatic carbocycles. The fourth-order valence-corrected chi connectivity index (χ4v) is 7.84. The van der Waals surface area contributed by atoms with Gasteiger partial charge in [-0.15, -0.1) is 0 Å². The maximum Gasteiger partial charge on any atom is 0.161 e. The molecule has 0 radical (unpaired) electrons. The van der Waals surface area contributed by atoms with Gasteiger partial charge in [0.15, 0.2) is 11.7 Å². The van der Waals surface area contributed by atoms with E-state index in [9.17, 15) is 0 Å². The number of hydrogen-bond donors (Lipinski definition) is 0. The van der Waals surface area contributed by atoms with Crippen molar-refractivity contribution in [3.8, 4) is 5.69 Å². The van der Waals surface area contributed by atoms with E-state index in [1.165, 1.54) is 48.9 Å². The summed E-state index contributed by atoms with van der Waals surface area (Å²) in [4.78, 5) is 14.5. The van der Waals surface area contributed by atoms with Gasteiger partial charge in [0.1, 0.15) is 0 Å². The predicted octanol–water partition coefficient (Wildman–Crippen LogP) is 11.6. The van der Waals surface area contributed by atoms with E-state index in [0.717, 1.165) is 33.4 Å². The van der Waals surface area contributed by atoms with E-state index in [1.54, 1.807) is 0 Å². The lowest BCUT2D eigenvalue weighted by atomic mass is 10.0. The lowest BCUT2D eigenvalue weighted by Gasteiger charge is -2.13. The summed E-state index contributed by atoms with van der Waals surface area (Å²) < 4.78 is 4.78. The van der Waals surface area contributed by atoms with Crippen LogP contribution in [0.1, 0.15) is 16.7 Å². The lowest BCUT2D eigenvalue weighted by Crippen LogP contribution is -2.06. The summed E-state index contributed by atoms with van der Waals surface area (Å²) in [6, 6.07) is 61.9. The molecule has 5 heteroatoms. The van der Waals surface area contributed by atoms with E-state index in [0.29, 0.717) is 18.2 Å². The zero-order valence-electron chi connectivity index (χ0n) is 28.9. The Kier molecular flexibility index (Phi) is 7.29. The number of aliphatic imine (C=N–C) groups is 3. The molecular formula is C48H33N5. The normalized spacial score (nSPS) is 12.5. The minimum Gasteiger partial charge on any atom is -0.309 e. The Morgan fingerprint density at radius 1 is 0.453 bits per heavy atom. The Labute approximate surface area is 306 Å². The van der Waals surface area contributed by atoms with Gasteiger partial charge in [0.25, 0.3) is 0 Å². The average molecular weight is 680 g/mol. The van der Waals surface area contributed by atoms with Crippen LogP contribution in [0.4, 0.5) is 0 Å². The van der Waals surface area contributed by atoms with Crippen LogP contribution in [0, 0.1) is 0 Å². The lowest BCUT2D eigenvalue weighted by molar-refractivity contribution is 1.06. The summed E-state index contributed by atoms with van der Waals surface area (Å²) >= 11 is 0. The zero-order chi connectivity index (χ0) is 35.3. The molecule has 0 amide bonds. The first-order valence-corrected chi connectivity index (χ1v) is 17.8. The maximum atomic E-state index is 5.05. The maximum absolute atomic E-state index is 5.05. The number of amidine groups is 2. The molecule has 0 unspecified atom stereocenters.